The molecule has 1 saturated carbocycles. The highest BCUT2D eigenvalue weighted by Gasteiger charge is 2.57. The van der Waals surface area contributed by atoms with Crippen molar-refractivity contribution in [2.45, 2.75) is 78.9 Å². The van der Waals surface area contributed by atoms with Crippen LogP contribution in [-0.4, -0.2) is 33.5 Å². The Morgan fingerprint density at radius 1 is 1.33 bits per heavy atom. The summed E-state index contributed by atoms with van der Waals surface area (Å²) in [5.41, 5.74) is 0.981. The molecule has 0 saturated heterocycles. The highest BCUT2D eigenvalue weighted by molar-refractivity contribution is 5.66. The Morgan fingerprint density at radius 3 is 2.54 bits per heavy atom. The summed E-state index contributed by atoms with van der Waals surface area (Å²) in [6.45, 7) is 10.6. The van der Waals surface area contributed by atoms with Gasteiger partial charge < -0.3 is 15.3 Å². The molecule has 6 atom stereocenters. The molecule has 0 aromatic heterocycles. The van der Waals surface area contributed by atoms with E-state index in [1.807, 2.05) is 6.92 Å². The van der Waals surface area contributed by atoms with Gasteiger partial charge in [-0.25, -0.2) is 0 Å². The van der Waals surface area contributed by atoms with Gasteiger partial charge in [-0.2, -0.15) is 0 Å². The summed E-state index contributed by atoms with van der Waals surface area (Å²) in [6.07, 6.45) is 4.52. The third kappa shape index (κ3) is 3.41. The molecule has 0 aliphatic heterocycles. The van der Waals surface area contributed by atoms with E-state index in [0.717, 1.165) is 19.3 Å². The summed E-state index contributed by atoms with van der Waals surface area (Å²) in [5, 5.41) is 29.9. The summed E-state index contributed by atoms with van der Waals surface area (Å²) < 4.78 is 0. The van der Waals surface area contributed by atoms with Crippen LogP contribution in [0.2, 0.25) is 0 Å². The minimum Gasteiger partial charge on any atom is -0.481 e. The van der Waals surface area contributed by atoms with Gasteiger partial charge in [-0.05, 0) is 61.2 Å². The third-order valence-corrected chi connectivity index (χ3v) is 6.96. The van der Waals surface area contributed by atoms with Crippen LogP contribution >= 0.6 is 0 Å². The largest absolute Gasteiger partial charge is 0.481 e. The van der Waals surface area contributed by atoms with E-state index < -0.39 is 18.2 Å². The number of aliphatic hydroxyl groups is 2. The van der Waals surface area contributed by atoms with Gasteiger partial charge in [0, 0.05) is 6.42 Å². The number of allylic oxidation sites excluding steroid dienone is 2. The summed E-state index contributed by atoms with van der Waals surface area (Å²) in [4.78, 5) is 10.9. The van der Waals surface area contributed by atoms with E-state index in [0.29, 0.717) is 18.3 Å². The molecule has 3 N–H and O–H groups in total. The van der Waals surface area contributed by atoms with Crippen molar-refractivity contribution < 1.29 is 20.1 Å². The minimum atomic E-state index is -0.736. The number of carbonyl (C=O) groups is 1. The van der Waals surface area contributed by atoms with E-state index in [1.54, 1.807) is 0 Å². The zero-order chi connectivity index (χ0) is 18.3. The van der Waals surface area contributed by atoms with Crippen molar-refractivity contribution in [3.8, 4) is 0 Å². The lowest BCUT2D eigenvalue weighted by Gasteiger charge is -2.59. The number of hydrogen-bond donors (Lipinski definition) is 3. The van der Waals surface area contributed by atoms with Crippen LogP contribution in [0, 0.1) is 28.6 Å². The van der Waals surface area contributed by atoms with Crippen LogP contribution in [0.4, 0.5) is 0 Å². The molecule has 4 nitrogen and oxygen atoms in total. The van der Waals surface area contributed by atoms with Crippen LogP contribution in [-0.2, 0) is 4.79 Å². The lowest BCUT2D eigenvalue weighted by atomic mass is 9.46. The number of carboxylic acid groups (broad SMARTS) is 1. The maximum absolute atomic E-state index is 10.9. The SMILES string of the molecule is CC1=CC[C@H]2C(C)(C)[C@H](O)[C@H](O)C[C@]2(C)[C@H]1CC[C@H](C)CC(=O)O. The summed E-state index contributed by atoms with van der Waals surface area (Å²) in [7, 11) is 0. The molecule has 0 spiro atoms. The second-order valence-electron chi connectivity index (χ2n) is 9.11. The molecule has 0 heterocycles. The molecule has 0 amide bonds. The van der Waals surface area contributed by atoms with E-state index >= 15 is 0 Å². The molecular weight excluding hydrogens is 304 g/mol. The normalized spacial score (nSPS) is 39.7. The highest BCUT2D eigenvalue weighted by atomic mass is 16.4. The molecule has 0 bridgehead atoms. The average Bonchev–Trinajstić information content (AvgIpc) is 2.43. The maximum Gasteiger partial charge on any atom is 0.303 e. The lowest BCUT2D eigenvalue weighted by Crippen LogP contribution is -2.59. The summed E-state index contributed by atoms with van der Waals surface area (Å²) >= 11 is 0. The fourth-order valence-electron chi connectivity index (χ4n) is 5.59. The van der Waals surface area contributed by atoms with Gasteiger partial charge in [-0.15, -0.1) is 0 Å². The standard InChI is InChI=1S/C20H34O4/c1-12(10-17(22)23)6-8-14-13(2)7-9-16-19(3,4)18(24)15(21)11-20(14,16)5/h7,12,14-16,18,21,24H,6,8-11H2,1-5H3,(H,22,23)/t12-,14-,15+,16-,18+,20+/m0/s1. The van der Waals surface area contributed by atoms with Gasteiger partial charge in [0.1, 0.15) is 0 Å². The zero-order valence-corrected chi connectivity index (χ0v) is 15.7. The van der Waals surface area contributed by atoms with Gasteiger partial charge >= 0.3 is 5.97 Å². The monoisotopic (exact) mass is 338 g/mol. The van der Waals surface area contributed by atoms with E-state index in [9.17, 15) is 15.0 Å². The second-order valence-corrected chi connectivity index (χ2v) is 9.11. The van der Waals surface area contributed by atoms with Crippen molar-refractivity contribution in [1.29, 1.82) is 0 Å². The molecule has 138 valence electrons. The number of aliphatic carboxylic acids is 1. The molecule has 0 aromatic carbocycles. The Kier molecular flexibility index (Phi) is 5.51. The first-order valence-electron chi connectivity index (χ1n) is 9.24. The Hall–Kier alpha value is -0.870. The quantitative estimate of drug-likeness (QED) is 0.669. The topological polar surface area (TPSA) is 77.8 Å². The first-order valence-corrected chi connectivity index (χ1v) is 9.24. The molecule has 4 heteroatoms. The third-order valence-electron chi connectivity index (χ3n) is 6.96. The van der Waals surface area contributed by atoms with Crippen LogP contribution in [0.15, 0.2) is 11.6 Å². The van der Waals surface area contributed by atoms with Gasteiger partial charge in [0.25, 0.3) is 0 Å². The second kappa shape index (κ2) is 6.80. The van der Waals surface area contributed by atoms with Gasteiger partial charge in [0.15, 0.2) is 0 Å². The maximum atomic E-state index is 10.9. The smallest absolute Gasteiger partial charge is 0.303 e. The Morgan fingerprint density at radius 2 is 1.96 bits per heavy atom. The van der Waals surface area contributed by atoms with Crippen molar-refractivity contribution in [1.82, 2.24) is 0 Å². The van der Waals surface area contributed by atoms with E-state index in [-0.39, 0.29) is 23.2 Å². The lowest BCUT2D eigenvalue weighted by molar-refractivity contribution is -0.174. The van der Waals surface area contributed by atoms with E-state index in [4.69, 9.17) is 5.11 Å². The predicted octanol–water partition coefficient (Wildman–Crippen LogP) is 3.62. The van der Waals surface area contributed by atoms with Crippen LogP contribution in [0.3, 0.4) is 0 Å². The van der Waals surface area contributed by atoms with Crippen molar-refractivity contribution in [3.63, 3.8) is 0 Å². The van der Waals surface area contributed by atoms with Crippen molar-refractivity contribution in [2.24, 2.45) is 28.6 Å². The average molecular weight is 338 g/mol. The molecule has 0 radical (unpaired) electrons. The molecule has 2 rings (SSSR count). The molecular formula is C20H34O4. The van der Waals surface area contributed by atoms with E-state index in [2.05, 4.69) is 33.8 Å². The van der Waals surface area contributed by atoms with Gasteiger partial charge in [0.05, 0.1) is 12.2 Å². The summed E-state index contributed by atoms with van der Waals surface area (Å²) in [5.74, 6) is 0.0898. The van der Waals surface area contributed by atoms with Crippen LogP contribution < -0.4 is 0 Å². The number of fused-ring (bicyclic) bond motifs is 1. The Labute approximate surface area is 146 Å². The molecule has 1 fully saturated rings. The first-order chi connectivity index (χ1) is 11.0. The highest BCUT2D eigenvalue weighted by Crippen LogP contribution is 2.60. The predicted molar refractivity (Wildman–Crippen MR) is 94.5 cm³/mol. The van der Waals surface area contributed by atoms with Gasteiger partial charge in [0.2, 0.25) is 0 Å². The molecule has 2 aliphatic carbocycles. The zero-order valence-electron chi connectivity index (χ0n) is 15.7. The molecule has 24 heavy (non-hydrogen) atoms. The number of rotatable bonds is 5. The van der Waals surface area contributed by atoms with Crippen LogP contribution in [0.25, 0.3) is 0 Å². The van der Waals surface area contributed by atoms with Gasteiger partial charge in [-0.1, -0.05) is 39.3 Å². The van der Waals surface area contributed by atoms with Crippen molar-refractivity contribution in [3.05, 3.63) is 11.6 Å². The fraction of sp³-hybridized carbons (Fsp3) is 0.850. The number of hydrogen-bond acceptors (Lipinski definition) is 3. The number of carboxylic acids is 1. The number of aliphatic hydroxyl groups excluding tert-OH is 2. The van der Waals surface area contributed by atoms with Crippen molar-refractivity contribution in [2.75, 3.05) is 0 Å². The fourth-order valence-corrected chi connectivity index (χ4v) is 5.59. The Balaban J connectivity index is 2.22. The Bertz CT molecular complexity index is 510. The first kappa shape index (κ1) is 19.5. The minimum absolute atomic E-state index is 0.0517. The van der Waals surface area contributed by atoms with Crippen LogP contribution in [0.1, 0.15) is 66.7 Å². The summed E-state index contributed by atoms with van der Waals surface area (Å²) in [6, 6.07) is 0. The van der Waals surface area contributed by atoms with Crippen LogP contribution in [0.5, 0.6) is 0 Å². The van der Waals surface area contributed by atoms with E-state index in [1.165, 1.54) is 5.57 Å². The molecule has 0 aromatic rings. The van der Waals surface area contributed by atoms with Gasteiger partial charge in [-0.3, -0.25) is 4.79 Å². The van der Waals surface area contributed by atoms with Crippen molar-refractivity contribution >= 4 is 5.97 Å². The molecule has 2 aliphatic rings. The molecule has 0 unspecified atom stereocenters.